The van der Waals surface area contributed by atoms with E-state index < -0.39 is 10.0 Å². The van der Waals surface area contributed by atoms with Gasteiger partial charge < -0.3 is 0 Å². The molecule has 0 spiro atoms. The fraction of sp³-hybridized carbons (Fsp3) is 0.583. The summed E-state index contributed by atoms with van der Waals surface area (Å²) in [6, 6.07) is 1.36. The van der Waals surface area contributed by atoms with Gasteiger partial charge in [0.1, 0.15) is 10.0 Å². The third-order valence-corrected chi connectivity index (χ3v) is 5.98. The predicted octanol–water partition coefficient (Wildman–Crippen LogP) is 3.20. The van der Waals surface area contributed by atoms with Crippen LogP contribution in [0.1, 0.15) is 26.2 Å². The molecule has 7 heteroatoms. The highest BCUT2D eigenvalue weighted by atomic mass is 35.5. The van der Waals surface area contributed by atoms with Gasteiger partial charge in [0.25, 0.3) is 0 Å². The van der Waals surface area contributed by atoms with Crippen LogP contribution >= 0.6 is 23.2 Å². The van der Waals surface area contributed by atoms with E-state index in [1.54, 1.807) is 0 Å². The Kier molecular flexibility index (Phi) is 4.71. The lowest BCUT2D eigenvalue weighted by molar-refractivity contribution is 0.261. The van der Waals surface area contributed by atoms with Crippen molar-refractivity contribution in [2.75, 3.05) is 13.1 Å². The zero-order valence-electron chi connectivity index (χ0n) is 10.6. The molecule has 0 saturated carbocycles. The van der Waals surface area contributed by atoms with Crippen LogP contribution in [0.15, 0.2) is 17.2 Å². The Balaban J connectivity index is 2.28. The molecule has 0 aliphatic carbocycles. The molecular formula is C12H16Cl2N2O2S. The highest BCUT2D eigenvalue weighted by Crippen LogP contribution is 2.28. The smallest absolute Gasteiger partial charge is 0.242 e. The molecule has 0 radical (unpaired) electrons. The molecule has 0 N–H and O–H groups in total. The summed E-state index contributed by atoms with van der Waals surface area (Å²) in [5, 5.41) is 0.275. The first-order valence-corrected chi connectivity index (χ1v) is 8.46. The van der Waals surface area contributed by atoms with Crippen molar-refractivity contribution < 1.29 is 8.42 Å². The van der Waals surface area contributed by atoms with Crippen molar-refractivity contribution in [3.63, 3.8) is 0 Å². The third-order valence-electron chi connectivity index (χ3n) is 3.47. The second kappa shape index (κ2) is 5.95. The average Bonchev–Trinajstić information content (AvgIpc) is 2.41. The maximum Gasteiger partial charge on any atom is 0.244 e. The summed E-state index contributed by atoms with van der Waals surface area (Å²) in [5.41, 5.74) is 0. The highest BCUT2D eigenvalue weighted by molar-refractivity contribution is 7.89. The number of pyridine rings is 1. The normalized spacial score (nSPS) is 21.5. The molecule has 106 valence electrons. The van der Waals surface area contributed by atoms with Gasteiger partial charge in [0, 0.05) is 19.3 Å². The summed E-state index contributed by atoms with van der Waals surface area (Å²) < 4.78 is 26.5. The summed E-state index contributed by atoms with van der Waals surface area (Å²) in [7, 11) is -3.52. The van der Waals surface area contributed by atoms with Gasteiger partial charge in [-0.25, -0.2) is 13.4 Å². The molecular weight excluding hydrogens is 307 g/mol. The molecule has 1 saturated heterocycles. The number of hydrogen-bond acceptors (Lipinski definition) is 3. The van der Waals surface area contributed by atoms with Crippen molar-refractivity contribution in [1.29, 1.82) is 0 Å². The van der Waals surface area contributed by atoms with E-state index in [0.29, 0.717) is 19.0 Å². The maximum absolute atomic E-state index is 12.5. The van der Waals surface area contributed by atoms with Crippen molar-refractivity contribution in [3.8, 4) is 0 Å². The first-order valence-electron chi connectivity index (χ1n) is 6.26. The zero-order valence-corrected chi connectivity index (χ0v) is 13.0. The van der Waals surface area contributed by atoms with Crippen molar-refractivity contribution in [1.82, 2.24) is 9.29 Å². The standard InChI is InChI=1S/C12H16Cl2N2O2S/c1-2-9-4-3-5-16(8-9)19(17,18)10-6-11(13)12(14)15-7-10/h6-7,9H,2-5,8H2,1H3. The van der Waals surface area contributed by atoms with E-state index in [1.165, 1.54) is 16.6 Å². The Morgan fingerprint density at radius 1 is 1.47 bits per heavy atom. The molecule has 0 aromatic carbocycles. The molecule has 1 fully saturated rings. The maximum atomic E-state index is 12.5. The van der Waals surface area contributed by atoms with Gasteiger partial charge in [-0.1, -0.05) is 36.5 Å². The van der Waals surface area contributed by atoms with Gasteiger partial charge >= 0.3 is 0 Å². The van der Waals surface area contributed by atoms with Crippen LogP contribution in [0.3, 0.4) is 0 Å². The number of aromatic nitrogens is 1. The summed E-state index contributed by atoms with van der Waals surface area (Å²) >= 11 is 11.5. The van der Waals surface area contributed by atoms with E-state index >= 15 is 0 Å². The molecule has 1 unspecified atom stereocenters. The van der Waals surface area contributed by atoms with Gasteiger partial charge in [0.05, 0.1) is 5.02 Å². The van der Waals surface area contributed by atoms with Gasteiger partial charge in [-0.05, 0) is 24.8 Å². The van der Waals surface area contributed by atoms with Crippen LogP contribution in [0, 0.1) is 5.92 Å². The van der Waals surface area contributed by atoms with Crippen molar-refractivity contribution in [2.24, 2.45) is 5.92 Å². The first-order chi connectivity index (χ1) is 8.95. The Morgan fingerprint density at radius 2 is 2.21 bits per heavy atom. The third kappa shape index (κ3) is 3.21. The molecule has 2 heterocycles. The number of rotatable bonds is 3. The van der Waals surface area contributed by atoms with Gasteiger partial charge in [0.2, 0.25) is 10.0 Å². The number of halogens is 2. The van der Waals surface area contributed by atoms with Gasteiger partial charge in [-0.3, -0.25) is 0 Å². The van der Waals surface area contributed by atoms with E-state index in [-0.39, 0.29) is 15.1 Å². The lowest BCUT2D eigenvalue weighted by Gasteiger charge is -2.31. The SMILES string of the molecule is CCC1CCCN(S(=O)(=O)c2cnc(Cl)c(Cl)c2)C1. The summed E-state index contributed by atoms with van der Waals surface area (Å²) in [5.74, 6) is 0.430. The summed E-state index contributed by atoms with van der Waals surface area (Å²) in [4.78, 5) is 3.92. The van der Waals surface area contributed by atoms with Crippen LogP contribution in [0.2, 0.25) is 10.2 Å². The number of piperidine rings is 1. The van der Waals surface area contributed by atoms with E-state index in [0.717, 1.165) is 19.3 Å². The lowest BCUT2D eigenvalue weighted by Crippen LogP contribution is -2.39. The van der Waals surface area contributed by atoms with Crippen LogP contribution in [0.5, 0.6) is 0 Å². The van der Waals surface area contributed by atoms with E-state index in [2.05, 4.69) is 11.9 Å². The van der Waals surface area contributed by atoms with E-state index in [1.807, 2.05) is 0 Å². The second-order valence-electron chi connectivity index (χ2n) is 4.72. The fourth-order valence-electron chi connectivity index (χ4n) is 2.27. The summed E-state index contributed by atoms with van der Waals surface area (Å²) in [6.07, 6.45) is 4.24. The second-order valence-corrected chi connectivity index (χ2v) is 7.43. The monoisotopic (exact) mass is 322 g/mol. The Labute approximate surface area is 123 Å². The molecule has 1 aromatic heterocycles. The van der Waals surface area contributed by atoms with Crippen LogP contribution in [0.25, 0.3) is 0 Å². The minimum Gasteiger partial charge on any atom is -0.242 e. The number of sulfonamides is 1. The summed E-state index contributed by atoms with van der Waals surface area (Å²) in [6.45, 7) is 3.21. The van der Waals surface area contributed by atoms with Crippen molar-refractivity contribution in [3.05, 3.63) is 22.4 Å². The topological polar surface area (TPSA) is 50.3 Å². The van der Waals surface area contributed by atoms with Crippen LogP contribution < -0.4 is 0 Å². The van der Waals surface area contributed by atoms with Gasteiger partial charge in [-0.2, -0.15) is 4.31 Å². The zero-order chi connectivity index (χ0) is 14.0. The molecule has 19 heavy (non-hydrogen) atoms. The molecule has 1 aliphatic rings. The van der Waals surface area contributed by atoms with Crippen LogP contribution in [-0.4, -0.2) is 30.8 Å². The Bertz CT molecular complexity index is 563. The average molecular weight is 323 g/mol. The Hall–Kier alpha value is -0.360. The molecule has 1 atom stereocenters. The first kappa shape index (κ1) is 15.0. The fourth-order valence-corrected chi connectivity index (χ4v) is 4.13. The Morgan fingerprint density at radius 3 is 2.84 bits per heavy atom. The predicted molar refractivity (Wildman–Crippen MR) is 76.0 cm³/mol. The molecule has 1 aromatic rings. The molecule has 2 rings (SSSR count). The molecule has 0 amide bonds. The van der Waals surface area contributed by atoms with E-state index in [9.17, 15) is 8.42 Å². The van der Waals surface area contributed by atoms with Crippen molar-refractivity contribution >= 4 is 33.2 Å². The minimum atomic E-state index is -3.52. The molecule has 0 bridgehead atoms. The van der Waals surface area contributed by atoms with Gasteiger partial charge in [0.15, 0.2) is 0 Å². The quantitative estimate of drug-likeness (QED) is 0.803. The molecule has 4 nitrogen and oxygen atoms in total. The highest BCUT2D eigenvalue weighted by Gasteiger charge is 2.30. The van der Waals surface area contributed by atoms with Crippen LogP contribution in [-0.2, 0) is 10.0 Å². The van der Waals surface area contributed by atoms with E-state index in [4.69, 9.17) is 23.2 Å². The largest absolute Gasteiger partial charge is 0.244 e. The number of nitrogens with zero attached hydrogens (tertiary/aromatic N) is 2. The van der Waals surface area contributed by atoms with Gasteiger partial charge in [-0.15, -0.1) is 0 Å². The molecule has 1 aliphatic heterocycles. The lowest BCUT2D eigenvalue weighted by atomic mass is 9.97. The minimum absolute atomic E-state index is 0.110. The van der Waals surface area contributed by atoms with Crippen LogP contribution in [0.4, 0.5) is 0 Å². The van der Waals surface area contributed by atoms with Crippen molar-refractivity contribution in [2.45, 2.75) is 31.1 Å². The number of hydrogen-bond donors (Lipinski definition) is 0.